The monoisotopic (exact) mass is 413 g/mol. The van der Waals surface area contributed by atoms with E-state index in [1.807, 2.05) is 0 Å². The first-order valence-electron chi connectivity index (χ1n) is 9.22. The molecule has 1 atom stereocenters. The predicted molar refractivity (Wildman–Crippen MR) is 109 cm³/mol. The van der Waals surface area contributed by atoms with Crippen LogP contribution in [0, 0.1) is 0 Å². The summed E-state index contributed by atoms with van der Waals surface area (Å²) < 4.78 is 15.6. The summed E-state index contributed by atoms with van der Waals surface area (Å²) >= 11 is 0. The van der Waals surface area contributed by atoms with Crippen LogP contribution in [0.15, 0.2) is 48.0 Å². The zero-order chi connectivity index (χ0) is 21.8. The molecule has 1 aliphatic heterocycles. The summed E-state index contributed by atoms with van der Waals surface area (Å²) in [6, 6.07) is 10.7. The molecule has 0 radical (unpaired) electrons. The quantitative estimate of drug-likeness (QED) is 0.407. The van der Waals surface area contributed by atoms with E-state index < -0.39 is 17.7 Å². The van der Waals surface area contributed by atoms with E-state index >= 15 is 0 Å². The molecule has 3 rings (SSSR count). The van der Waals surface area contributed by atoms with E-state index in [1.165, 1.54) is 32.3 Å². The maximum absolute atomic E-state index is 12.8. The molecule has 0 aliphatic carbocycles. The Labute approximate surface area is 173 Å². The van der Waals surface area contributed by atoms with E-state index in [0.717, 1.165) is 0 Å². The molecule has 1 amide bonds. The lowest BCUT2D eigenvalue weighted by atomic mass is 9.95. The maximum Gasteiger partial charge on any atom is 0.295 e. The number of carbonyl (C=O) groups excluding carboxylic acids is 2. The van der Waals surface area contributed by atoms with Crippen molar-refractivity contribution >= 4 is 17.4 Å². The Hall–Kier alpha value is -3.52. The van der Waals surface area contributed by atoms with Gasteiger partial charge in [0.2, 0.25) is 0 Å². The van der Waals surface area contributed by atoms with Crippen LogP contribution in [0.5, 0.6) is 17.2 Å². The van der Waals surface area contributed by atoms with Crippen molar-refractivity contribution in [3.63, 3.8) is 0 Å². The highest BCUT2D eigenvalue weighted by Crippen LogP contribution is 2.40. The second-order valence-corrected chi connectivity index (χ2v) is 6.56. The first-order valence-corrected chi connectivity index (χ1v) is 9.22. The number of amides is 1. The number of benzene rings is 2. The number of rotatable bonds is 7. The van der Waals surface area contributed by atoms with Gasteiger partial charge in [0.15, 0.2) is 11.5 Å². The fraction of sp³-hybridized carbons (Fsp3) is 0.273. The van der Waals surface area contributed by atoms with Crippen molar-refractivity contribution in [3.05, 3.63) is 59.2 Å². The molecule has 1 heterocycles. The van der Waals surface area contributed by atoms with Crippen molar-refractivity contribution in [3.8, 4) is 17.2 Å². The van der Waals surface area contributed by atoms with E-state index in [4.69, 9.17) is 14.2 Å². The molecule has 2 aromatic carbocycles. The average molecular weight is 413 g/mol. The first-order chi connectivity index (χ1) is 14.5. The van der Waals surface area contributed by atoms with Crippen LogP contribution in [0.2, 0.25) is 0 Å². The number of ketones is 1. The number of ether oxygens (including phenoxy) is 3. The van der Waals surface area contributed by atoms with Gasteiger partial charge in [0, 0.05) is 12.1 Å². The van der Waals surface area contributed by atoms with Crippen LogP contribution >= 0.6 is 0 Å². The smallest absolute Gasteiger partial charge is 0.295 e. The summed E-state index contributed by atoms with van der Waals surface area (Å²) in [6.45, 7) is -0.375. The normalized spacial score (nSPS) is 17.9. The number of methoxy groups -OCH3 is 3. The van der Waals surface area contributed by atoms with Gasteiger partial charge in [-0.05, 0) is 35.9 Å². The summed E-state index contributed by atoms with van der Waals surface area (Å²) in [5, 5.41) is 20.4. The molecule has 158 valence electrons. The van der Waals surface area contributed by atoms with Crippen LogP contribution < -0.4 is 14.2 Å². The lowest BCUT2D eigenvalue weighted by Gasteiger charge is -2.24. The largest absolute Gasteiger partial charge is 0.507 e. The summed E-state index contributed by atoms with van der Waals surface area (Å²) in [6.07, 6.45) is 0. The zero-order valence-electron chi connectivity index (χ0n) is 16.9. The Morgan fingerprint density at radius 2 is 1.63 bits per heavy atom. The number of Topliss-reactive ketones (excluding diaryl/α,β-unsaturated/α-hetero) is 1. The number of β-amino-alcohol motifs (C(OH)–C–C–N with tert-alkyl or cyclic N) is 1. The molecule has 0 bridgehead atoms. The molecule has 1 fully saturated rings. The third-order valence-corrected chi connectivity index (χ3v) is 4.97. The number of likely N-dealkylation sites (tertiary alicyclic amines) is 1. The second kappa shape index (κ2) is 8.87. The van der Waals surface area contributed by atoms with Crippen LogP contribution in [0.4, 0.5) is 0 Å². The number of hydrogen-bond acceptors (Lipinski definition) is 7. The van der Waals surface area contributed by atoms with Crippen molar-refractivity contribution in [1.29, 1.82) is 0 Å². The fourth-order valence-corrected chi connectivity index (χ4v) is 3.49. The van der Waals surface area contributed by atoms with Crippen molar-refractivity contribution < 1.29 is 34.0 Å². The minimum atomic E-state index is -0.851. The number of aliphatic hydroxyl groups is 2. The van der Waals surface area contributed by atoms with Gasteiger partial charge in [0.25, 0.3) is 11.7 Å². The molecule has 2 aromatic rings. The maximum atomic E-state index is 12.8. The van der Waals surface area contributed by atoms with Gasteiger partial charge in [-0.3, -0.25) is 9.59 Å². The van der Waals surface area contributed by atoms with Crippen LogP contribution in [0.1, 0.15) is 17.2 Å². The second-order valence-electron chi connectivity index (χ2n) is 6.56. The SMILES string of the molecule is COc1ccc(C2/C(=C(\O)c3ccc(OC)c(OC)c3)C(=O)C(=O)N2CCO)cc1. The highest BCUT2D eigenvalue weighted by Gasteiger charge is 2.45. The summed E-state index contributed by atoms with van der Waals surface area (Å²) in [5.74, 6) is -0.509. The number of nitrogens with zero attached hydrogens (tertiary/aromatic N) is 1. The van der Waals surface area contributed by atoms with E-state index in [-0.39, 0.29) is 24.5 Å². The lowest BCUT2D eigenvalue weighted by Crippen LogP contribution is -2.32. The molecule has 1 saturated heterocycles. The van der Waals surface area contributed by atoms with E-state index in [0.29, 0.717) is 28.4 Å². The summed E-state index contributed by atoms with van der Waals surface area (Å²) in [5.41, 5.74) is 0.837. The highest BCUT2D eigenvalue weighted by molar-refractivity contribution is 6.46. The Kier molecular flexibility index (Phi) is 6.27. The molecule has 0 saturated carbocycles. The molecule has 8 nitrogen and oxygen atoms in total. The van der Waals surface area contributed by atoms with Crippen molar-refractivity contribution in [2.45, 2.75) is 6.04 Å². The van der Waals surface area contributed by atoms with Crippen LogP contribution in [-0.2, 0) is 9.59 Å². The number of aliphatic hydroxyl groups excluding tert-OH is 2. The van der Waals surface area contributed by atoms with Crippen molar-refractivity contribution in [2.75, 3.05) is 34.5 Å². The minimum Gasteiger partial charge on any atom is -0.507 e. The van der Waals surface area contributed by atoms with E-state index in [1.54, 1.807) is 36.4 Å². The van der Waals surface area contributed by atoms with Gasteiger partial charge in [-0.15, -0.1) is 0 Å². The van der Waals surface area contributed by atoms with Gasteiger partial charge < -0.3 is 29.3 Å². The molecule has 0 spiro atoms. The highest BCUT2D eigenvalue weighted by atomic mass is 16.5. The number of hydrogen-bond donors (Lipinski definition) is 2. The third kappa shape index (κ3) is 3.69. The Morgan fingerprint density at radius 1 is 0.967 bits per heavy atom. The molecular weight excluding hydrogens is 390 g/mol. The average Bonchev–Trinajstić information content (AvgIpc) is 3.03. The van der Waals surface area contributed by atoms with Gasteiger partial charge in [-0.2, -0.15) is 0 Å². The van der Waals surface area contributed by atoms with Crippen molar-refractivity contribution in [2.24, 2.45) is 0 Å². The Morgan fingerprint density at radius 3 is 2.20 bits per heavy atom. The Balaban J connectivity index is 2.17. The van der Waals surface area contributed by atoms with Crippen LogP contribution in [-0.4, -0.2) is 61.3 Å². The van der Waals surface area contributed by atoms with E-state index in [9.17, 15) is 19.8 Å². The molecule has 2 N–H and O–H groups in total. The fourth-order valence-electron chi connectivity index (χ4n) is 3.49. The molecule has 0 aromatic heterocycles. The predicted octanol–water partition coefficient (Wildman–Crippen LogP) is 2.13. The van der Waals surface area contributed by atoms with Gasteiger partial charge in [-0.25, -0.2) is 0 Å². The van der Waals surface area contributed by atoms with Crippen LogP contribution in [0.25, 0.3) is 5.76 Å². The molecule has 8 heteroatoms. The van der Waals surface area contributed by atoms with Crippen LogP contribution in [0.3, 0.4) is 0 Å². The third-order valence-electron chi connectivity index (χ3n) is 4.97. The molecule has 30 heavy (non-hydrogen) atoms. The molecular formula is C22H23NO7. The van der Waals surface area contributed by atoms with E-state index in [2.05, 4.69) is 0 Å². The minimum absolute atomic E-state index is 0.0516. The first kappa shape index (κ1) is 21.2. The molecule has 1 unspecified atom stereocenters. The van der Waals surface area contributed by atoms with Gasteiger partial charge in [0.05, 0.1) is 39.6 Å². The zero-order valence-corrected chi connectivity index (χ0v) is 16.9. The van der Waals surface area contributed by atoms with Crippen molar-refractivity contribution in [1.82, 2.24) is 4.90 Å². The Bertz CT molecular complexity index is 981. The summed E-state index contributed by atoms with van der Waals surface area (Å²) in [7, 11) is 4.48. The van der Waals surface area contributed by atoms with Gasteiger partial charge in [0.1, 0.15) is 11.5 Å². The number of carbonyl (C=O) groups is 2. The van der Waals surface area contributed by atoms with Gasteiger partial charge in [-0.1, -0.05) is 12.1 Å². The molecule has 1 aliphatic rings. The summed E-state index contributed by atoms with van der Waals surface area (Å²) in [4.78, 5) is 26.7. The lowest BCUT2D eigenvalue weighted by molar-refractivity contribution is -0.140. The topological polar surface area (TPSA) is 106 Å². The van der Waals surface area contributed by atoms with Gasteiger partial charge >= 0.3 is 0 Å². The standard InChI is InChI=1S/C22H23NO7/c1-28-15-7-4-13(5-8-15)19-18(21(26)22(27)23(19)10-11-24)20(25)14-6-9-16(29-2)17(12-14)30-3/h4-9,12,19,24-25H,10-11H2,1-3H3/b20-18+.